The molecule has 1 aliphatic rings. The molecule has 0 spiro atoms. The van der Waals surface area contributed by atoms with Gasteiger partial charge >= 0.3 is 0 Å². The van der Waals surface area contributed by atoms with Gasteiger partial charge in [0, 0.05) is 32.2 Å². The van der Waals surface area contributed by atoms with Crippen molar-refractivity contribution in [3.8, 4) is 0 Å². The van der Waals surface area contributed by atoms with Crippen LogP contribution in [0.25, 0.3) is 0 Å². The Bertz CT molecular complexity index is 427. The summed E-state index contributed by atoms with van der Waals surface area (Å²) in [6.07, 6.45) is 1.15. The van der Waals surface area contributed by atoms with E-state index in [1.54, 1.807) is 0 Å². The molecule has 4 heteroatoms. The van der Waals surface area contributed by atoms with Crippen molar-refractivity contribution in [1.82, 2.24) is 9.80 Å². The second-order valence-corrected chi connectivity index (χ2v) is 5.51. The Hall–Kier alpha value is -1.39. The van der Waals surface area contributed by atoms with Crippen molar-refractivity contribution in [3.05, 3.63) is 35.9 Å². The van der Waals surface area contributed by atoms with E-state index < -0.39 is 6.04 Å². The molecule has 2 rings (SSSR count). The van der Waals surface area contributed by atoms with E-state index in [9.17, 15) is 4.79 Å². The number of benzene rings is 1. The van der Waals surface area contributed by atoms with E-state index in [2.05, 4.69) is 18.7 Å². The summed E-state index contributed by atoms with van der Waals surface area (Å²) in [4.78, 5) is 16.8. The van der Waals surface area contributed by atoms with Gasteiger partial charge in [-0.15, -0.1) is 0 Å². The maximum Gasteiger partial charge on any atom is 0.244 e. The van der Waals surface area contributed by atoms with Crippen LogP contribution >= 0.6 is 0 Å². The number of nitrogens with two attached hydrogens (primary N) is 1. The normalized spacial score (nSPS) is 19.6. The molecule has 1 aromatic carbocycles. The molecule has 0 bridgehead atoms. The van der Waals surface area contributed by atoms with Crippen molar-refractivity contribution < 1.29 is 4.79 Å². The van der Waals surface area contributed by atoms with Gasteiger partial charge in [-0.25, -0.2) is 0 Å². The standard InChI is InChI=1S/C16H25N3O/c1-3-13(2)18-9-11-19(12-10-18)16(20)15(17)14-7-5-4-6-8-14/h4-8,13,15H,3,9-12,17H2,1-2H3. The second-order valence-electron chi connectivity index (χ2n) is 5.51. The average Bonchev–Trinajstić information content (AvgIpc) is 2.53. The summed E-state index contributed by atoms with van der Waals surface area (Å²) in [7, 11) is 0. The minimum Gasteiger partial charge on any atom is -0.338 e. The molecule has 1 amide bonds. The summed E-state index contributed by atoms with van der Waals surface area (Å²) in [5.41, 5.74) is 6.98. The topological polar surface area (TPSA) is 49.6 Å². The van der Waals surface area contributed by atoms with Gasteiger partial charge in [0.2, 0.25) is 5.91 Å². The number of nitrogens with zero attached hydrogens (tertiary/aromatic N) is 2. The third kappa shape index (κ3) is 3.38. The Morgan fingerprint density at radius 1 is 1.20 bits per heavy atom. The molecular weight excluding hydrogens is 250 g/mol. The van der Waals surface area contributed by atoms with E-state index in [0.29, 0.717) is 6.04 Å². The number of hydrogen-bond acceptors (Lipinski definition) is 3. The molecule has 4 nitrogen and oxygen atoms in total. The molecule has 1 fully saturated rings. The molecule has 1 aromatic rings. The fourth-order valence-electron chi connectivity index (χ4n) is 2.64. The van der Waals surface area contributed by atoms with Crippen LogP contribution in [0.5, 0.6) is 0 Å². The fraction of sp³-hybridized carbons (Fsp3) is 0.562. The Labute approximate surface area is 121 Å². The Morgan fingerprint density at radius 2 is 1.80 bits per heavy atom. The van der Waals surface area contributed by atoms with Gasteiger partial charge < -0.3 is 10.6 Å². The van der Waals surface area contributed by atoms with Gasteiger partial charge in [0.15, 0.2) is 0 Å². The monoisotopic (exact) mass is 275 g/mol. The summed E-state index contributed by atoms with van der Waals surface area (Å²) in [5.74, 6) is 0.0417. The molecule has 2 N–H and O–H groups in total. The second kappa shape index (κ2) is 6.86. The smallest absolute Gasteiger partial charge is 0.244 e. The van der Waals surface area contributed by atoms with Gasteiger partial charge in [0.1, 0.15) is 6.04 Å². The van der Waals surface area contributed by atoms with Gasteiger partial charge in [0.25, 0.3) is 0 Å². The maximum absolute atomic E-state index is 12.4. The molecule has 0 aliphatic carbocycles. The van der Waals surface area contributed by atoms with E-state index in [1.807, 2.05) is 35.2 Å². The number of rotatable bonds is 4. The Morgan fingerprint density at radius 3 is 2.35 bits per heavy atom. The van der Waals surface area contributed by atoms with Crippen LogP contribution in [-0.4, -0.2) is 47.9 Å². The van der Waals surface area contributed by atoms with Gasteiger partial charge in [-0.3, -0.25) is 9.69 Å². The van der Waals surface area contributed by atoms with Crippen molar-refractivity contribution in [1.29, 1.82) is 0 Å². The number of carbonyl (C=O) groups excluding carboxylic acids is 1. The molecular formula is C16H25N3O. The van der Waals surface area contributed by atoms with Crippen LogP contribution in [0.1, 0.15) is 31.9 Å². The molecule has 1 aliphatic heterocycles. The van der Waals surface area contributed by atoms with Crippen molar-refractivity contribution in [2.45, 2.75) is 32.4 Å². The lowest BCUT2D eigenvalue weighted by molar-refractivity contribution is -0.134. The lowest BCUT2D eigenvalue weighted by Gasteiger charge is -2.38. The first kappa shape index (κ1) is 15.0. The van der Waals surface area contributed by atoms with Gasteiger partial charge in [-0.2, -0.15) is 0 Å². The van der Waals surface area contributed by atoms with E-state index >= 15 is 0 Å². The summed E-state index contributed by atoms with van der Waals surface area (Å²) in [6.45, 7) is 7.90. The van der Waals surface area contributed by atoms with Crippen LogP contribution in [0.15, 0.2) is 30.3 Å². The number of piperazine rings is 1. The molecule has 0 aromatic heterocycles. The van der Waals surface area contributed by atoms with Crippen molar-refractivity contribution in [3.63, 3.8) is 0 Å². The fourth-order valence-corrected chi connectivity index (χ4v) is 2.64. The van der Waals surface area contributed by atoms with Crippen LogP contribution in [0, 0.1) is 0 Å². The van der Waals surface area contributed by atoms with E-state index in [-0.39, 0.29) is 5.91 Å². The predicted molar refractivity (Wildman–Crippen MR) is 81.3 cm³/mol. The average molecular weight is 275 g/mol. The minimum absolute atomic E-state index is 0.0417. The lowest BCUT2D eigenvalue weighted by atomic mass is 10.1. The number of hydrogen-bond donors (Lipinski definition) is 1. The highest BCUT2D eigenvalue weighted by Gasteiger charge is 2.27. The van der Waals surface area contributed by atoms with Gasteiger partial charge in [-0.05, 0) is 18.9 Å². The zero-order valence-corrected chi connectivity index (χ0v) is 12.5. The zero-order chi connectivity index (χ0) is 14.5. The minimum atomic E-state index is -0.536. The van der Waals surface area contributed by atoms with E-state index in [1.165, 1.54) is 0 Å². The quantitative estimate of drug-likeness (QED) is 0.908. The molecule has 0 saturated carbocycles. The molecule has 1 saturated heterocycles. The summed E-state index contributed by atoms with van der Waals surface area (Å²) < 4.78 is 0. The first-order valence-corrected chi connectivity index (χ1v) is 7.46. The maximum atomic E-state index is 12.4. The predicted octanol–water partition coefficient (Wildman–Crippen LogP) is 1.63. The van der Waals surface area contributed by atoms with Crippen molar-refractivity contribution in [2.24, 2.45) is 5.73 Å². The van der Waals surface area contributed by atoms with Crippen LogP contribution in [0.3, 0.4) is 0 Å². The third-order valence-corrected chi connectivity index (χ3v) is 4.26. The van der Waals surface area contributed by atoms with Crippen molar-refractivity contribution >= 4 is 5.91 Å². The van der Waals surface area contributed by atoms with Crippen LogP contribution in [0.2, 0.25) is 0 Å². The molecule has 1 heterocycles. The number of carbonyl (C=O) groups is 1. The van der Waals surface area contributed by atoms with Gasteiger partial charge in [-0.1, -0.05) is 37.3 Å². The number of amides is 1. The van der Waals surface area contributed by atoms with Crippen molar-refractivity contribution in [2.75, 3.05) is 26.2 Å². The summed E-state index contributed by atoms with van der Waals surface area (Å²) in [6, 6.07) is 9.66. The highest BCUT2D eigenvalue weighted by atomic mass is 16.2. The molecule has 2 atom stereocenters. The SMILES string of the molecule is CCC(C)N1CCN(C(=O)C(N)c2ccccc2)CC1. The Kier molecular flexibility index (Phi) is 5.15. The first-order chi connectivity index (χ1) is 9.63. The zero-order valence-electron chi connectivity index (χ0n) is 12.5. The van der Waals surface area contributed by atoms with Gasteiger partial charge in [0.05, 0.1) is 0 Å². The largest absolute Gasteiger partial charge is 0.338 e. The van der Waals surface area contributed by atoms with Crippen LogP contribution in [0.4, 0.5) is 0 Å². The Balaban J connectivity index is 1.92. The molecule has 0 radical (unpaired) electrons. The third-order valence-electron chi connectivity index (χ3n) is 4.26. The highest BCUT2D eigenvalue weighted by Crippen LogP contribution is 2.15. The molecule has 110 valence electrons. The van der Waals surface area contributed by atoms with Crippen LogP contribution < -0.4 is 5.73 Å². The summed E-state index contributed by atoms with van der Waals surface area (Å²) >= 11 is 0. The lowest BCUT2D eigenvalue weighted by Crippen LogP contribution is -2.53. The molecule has 2 unspecified atom stereocenters. The van der Waals surface area contributed by atoms with Crippen LogP contribution in [-0.2, 0) is 4.79 Å². The first-order valence-electron chi connectivity index (χ1n) is 7.46. The van der Waals surface area contributed by atoms with E-state index in [0.717, 1.165) is 38.2 Å². The highest BCUT2D eigenvalue weighted by molar-refractivity contribution is 5.83. The molecule has 20 heavy (non-hydrogen) atoms. The van der Waals surface area contributed by atoms with E-state index in [4.69, 9.17) is 5.73 Å². The summed E-state index contributed by atoms with van der Waals surface area (Å²) in [5, 5.41) is 0.